The summed E-state index contributed by atoms with van der Waals surface area (Å²) in [6.07, 6.45) is 0.507. The quantitative estimate of drug-likeness (QED) is 0.713. The molecule has 1 aliphatic rings. The second-order valence-corrected chi connectivity index (χ2v) is 4.75. The molecule has 2 rings (SSSR count). The number of carbonyl (C=O) groups excluding carboxylic acids is 1. The van der Waals surface area contributed by atoms with Crippen LogP contribution >= 0.6 is 27.7 Å². The van der Waals surface area contributed by atoms with E-state index in [4.69, 9.17) is 0 Å². The Balaban J connectivity index is 2.63. The third-order valence-corrected chi connectivity index (χ3v) is 3.91. The van der Waals surface area contributed by atoms with E-state index in [9.17, 15) is 9.18 Å². The molecule has 0 saturated carbocycles. The highest BCUT2D eigenvalue weighted by atomic mass is 79.9. The smallest absolute Gasteiger partial charge is 0.164 e. The van der Waals surface area contributed by atoms with Gasteiger partial charge in [-0.15, -0.1) is 11.8 Å². The van der Waals surface area contributed by atoms with Crippen molar-refractivity contribution in [1.29, 1.82) is 0 Å². The largest absolute Gasteiger partial charge is 0.294 e. The van der Waals surface area contributed by atoms with Gasteiger partial charge in [0.2, 0.25) is 0 Å². The highest BCUT2D eigenvalue weighted by Crippen LogP contribution is 2.36. The molecule has 13 heavy (non-hydrogen) atoms. The second kappa shape index (κ2) is 3.42. The molecule has 1 heterocycles. The average molecular weight is 261 g/mol. The highest BCUT2D eigenvalue weighted by Gasteiger charge is 2.20. The van der Waals surface area contributed by atoms with Crippen LogP contribution in [0, 0.1) is 5.82 Å². The summed E-state index contributed by atoms with van der Waals surface area (Å²) in [5.41, 5.74) is 0.517. The van der Waals surface area contributed by atoms with E-state index in [0.29, 0.717) is 16.5 Å². The summed E-state index contributed by atoms with van der Waals surface area (Å²) in [7, 11) is 0. The lowest BCUT2D eigenvalue weighted by atomic mass is 10.1. The van der Waals surface area contributed by atoms with E-state index in [2.05, 4.69) is 15.9 Å². The van der Waals surface area contributed by atoms with Gasteiger partial charge in [-0.1, -0.05) is 0 Å². The Bertz CT molecular complexity index is 378. The van der Waals surface area contributed by atoms with Crippen LogP contribution in [0.3, 0.4) is 0 Å². The van der Waals surface area contributed by atoms with Crippen molar-refractivity contribution in [3.8, 4) is 0 Å². The molecule has 0 unspecified atom stereocenters. The Kier molecular flexibility index (Phi) is 2.43. The zero-order valence-corrected chi connectivity index (χ0v) is 9.04. The molecule has 0 bridgehead atoms. The van der Waals surface area contributed by atoms with Crippen LogP contribution in [0.15, 0.2) is 21.5 Å². The molecule has 1 aromatic rings. The second-order valence-electron chi connectivity index (χ2n) is 2.79. The van der Waals surface area contributed by atoms with Crippen LogP contribution in [0.5, 0.6) is 0 Å². The number of carbonyl (C=O) groups is 1. The van der Waals surface area contributed by atoms with Gasteiger partial charge in [-0.3, -0.25) is 4.79 Å². The van der Waals surface area contributed by atoms with Crippen molar-refractivity contribution in [3.05, 3.63) is 28.0 Å². The van der Waals surface area contributed by atoms with Gasteiger partial charge in [-0.25, -0.2) is 4.39 Å². The number of hydrogen-bond donors (Lipinski definition) is 0. The van der Waals surface area contributed by atoms with Crippen LogP contribution in [-0.4, -0.2) is 11.5 Å². The molecule has 0 fully saturated rings. The molecule has 0 spiro atoms. The maximum absolute atomic E-state index is 12.9. The Morgan fingerprint density at radius 2 is 2.23 bits per heavy atom. The minimum atomic E-state index is -0.360. The van der Waals surface area contributed by atoms with Crippen LogP contribution in [0.1, 0.15) is 16.8 Å². The molecular formula is C9H6BrFOS. The number of rotatable bonds is 0. The average Bonchev–Trinajstić information content (AvgIpc) is 2.07. The van der Waals surface area contributed by atoms with E-state index < -0.39 is 0 Å². The van der Waals surface area contributed by atoms with E-state index in [0.717, 1.165) is 10.6 Å². The van der Waals surface area contributed by atoms with Gasteiger partial charge in [0.15, 0.2) is 5.78 Å². The van der Waals surface area contributed by atoms with E-state index in [1.54, 1.807) is 11.8 Å². The van der Waals surface area contributed by atoms with Crippen molar-refractivity contribution in [2.75, 3.05) is 5.75 Å². The van der Waals surface area contributed by atoms with Gasteiger partial charge in [0, 0.05) is 27.1 Å². The number of hydrogen-bond acceptors (Lipinski definition) is 2. The Labute approximate surface area is 87.8 Å². The summed E-state index contributed by atoms with van der Waals surface area (Å²) in [5, 5.41) is 0. The first kappa shape index (κ1) is 9.21. The summed E-state index contributed by atoms with van der Waals surface area (Å²) >= 11 is 4.84. The summed E-state index contributed by atoms with van der Waals surface area (Å²) < 4.78 is 13.6. The van der Waals surface area contributed by atoms with Crippen molar-refractivity contribution in [3.63, 3.8) is 0 Å². The van der Waals surface area contributed by atoms with Crippen LogP contribution in [0.2, 0.25) is 0 Å². The molecule has 0 aromatic heterocycles. The number of ketones is 1. The first-order valence-electron chi connectivity index (χ1n) is 3.83. The predicted molar refractivity (Wildman–Crippen MR) is 53.8 cm³/mol. The maximum Gasteiger partial charge on any atom is 0.164 e. The standard InChI is InChI=1S/C9H6BrFOS/c10-7-4-5(11)3-6-8(12)1-2-13-9(6)7/h3-4H,1-2H2. The maximum atomic E-state index is 12.9. The molecule has 68 valence electrons. The van der Waals surface area contributed by atoms with Gasteiger partial charge in [0.25, 0.3) is 0 Å². The number of halogens is 2. The van der Waals surface area contributed by atoms with Crippen LogP contribution in [-0.2, 0) is 0 Å². The fourth-order valence-electron chi connectivity index (χ4n) is 1.29. The number of Topliss-reactive ketones (excluding diaryl/α,β-unsaturated/α-hetero) is 1. The molecule has 1 nitrogen and oxygen atoms in total. The van der Waals surface area contributed by atoms with Gasteiger partial charge in [0.05, 0.1) is 0 Å². The van der Waals surface area contributed by atoms with Gasteiger partial charge >= 0.3 is 0 Å². The minimum absolute atomic E-state index is 0.0361. The molecule has 0 aliphatic carbocycles. The van der Waals surface area contributed by atoms with Crippen molar-refractivity contribution in [2.45, 2.75) is 11.3 Å². The number of thioether (sulfide) groups is 1. The summed E-state index contributed by atoms with van der Waals surface area (Å²) in [5.74, 6) is 0.464. The fraction of sp³-hybridized carbons (Fsp3) is 0.222. The monoisotopic (exact) mass is 260 g/mol. The van der Waals surface area contributed by atoms with Crippen LogP contribution in [0.4, 0.5) is 4.39 Å². The van der Waals surface area contributed by atoms with Gasteiger partial charge in [0.1, 0.15) is 5.82 Å². The molecule has 1 aliphatic heterocycles. The number of fused-ring (bicyclic) bond motifs is 1. The molecule has 0 N–H and O–H groups in total. The lowest BCUT2D eigenvalue weighted by Gasteiger charge is -2.15. The van der Waals surface area contributed by atoms with E-state index in [-0.39, 0.29) is 11.6 Å². The summed E-state index contributed by atoms with van der Waals surface area (Å²) in [4.78, 5) is 12.3. The zero-order valence-electron chi connectivity index (χ0n) is 6.64. The highest BCUT2D eigenvalue weighted by molar-refractivity contribution is 9.10. The Morgan fingerprint density at radius 1 is 1.46 bits per heavy atom. The zero-order chi connectivity index (χ0) is 9.42. The first-order valence-corrected chi connectivity index (χ1v) is 5.61. The first-order chi connectivity index (χ1) is 6.18. The number of benzene rings is 1. The Morgan fingerprint density at radius 3 is 3.00 bits per heavy atom. The Hall–Kier alpha value is -0.350. The van der Waals surface area contributed by atoms with Crippen molar-refractivity contribution < 1.29 is 9.18 Å². The SMILES string of the molecule is O=C1CCSc2c(Br)cc(F)cc21. The molecule has 0 radical (unpaired) electrons. The molecule has 0 atom stereocenters. The summed E-state index contributed by atoms with van der Waals surface area (Å²) in [6.45, 7) is 0. The van der Waals surface area contributed by atoms with Gasteiger partial charge < -0.3 is 0 Å². The van der Waals surface area contributed by atoms with Crippen molar-refractivity contribution >= 4 is 33.5 Å². The van der Waals surface area contributed by atoms with E-state index in [1.807, 2.05) is 0 Å². The molecule has 0 saturated heterocycles. The molecule has 0 amide bonds. The minimum Gasteiger partial charge on any atom is -0.294 e. The van der Waals surface area contributed by atoms with Crippen LogP contribution < -0.4 is 0 Å². The lowest BCUT2D eigenvalue weighted by molar-refractivity contribution is 0.0984. The van der Waals surface area contributed by atoms with Gasteiger partial charge in [-0.2, -0.15) is 0 Å². The topological polar surface area (TPSA) is 17.1 Å². The molecule has 4 heteroatoms. The van der Waals surface area contributed by atoms with Crippen molar-refractivity contribution in [1.82, 2.24) is 0 Å². The normalized spacial score (nSPS) is 15.7. The third kappa shape index (κ3) is 1.65. The molecule has 1 aromatic carbocycles. The third-order valence-electron chi connectivity index (χ3n) is 1.88. The van der Waals surface area contributed by atoms with E-state index in [1.165, 1.54) is 12.1 Å². The van der Waals surface area contributed by atoms with Crippen molar-refractivity contribution in [2.24, 2.45) is 0 Å². The van der Waals surface area contributed by atoms with E-state index >= 15 is 0 Å². The van der Waals surface area contributed by atoms with Gasteiger partial charge in [-0.05, 0) is 28.1 Å². The fourth-order valence-corrected chi connectivity index (χ4v) is 3.09. The molecular weight excluding hydrogens is 255 g/mol. The predicted octanol–water partition coefficient (Wildman–Crippen LogP) is 3.27. The lowest BCUT2D eigenvalue weighted by Crippen LogP contribution is -2.09. The van der Waals surface area contributed by atoms with Crippen LogP contribution in [0.25, 0.3) is 0 Å². The summed E-state index contributed by atoms with van der Waals surface area (Å²) in [6, 6.07) is 2.71.